The standard InChI is InChI=1S/C18H27N3O4S/c22-18(14-19-13-16-7-5-11-25-16)20-15-6-4-8-17(12-15)26(23,24)21-9-2-1-3-10-21/h4,6,8,12,16,19H,1-3,5,7,9-11,13-14H2,(H,20,22). The predicted octanol–water partition coefficient (Wildman–Crippen LogP) is 1.57. The number of nitrogens with zero attached hydrogens (tertiary/aromatic N) is 1. The van der Waals surface area contributed by atoms with Crippen molar-refractivity contribution in [3.8, 4) is 0 Å². The lowest BCUT2D eigenvalue weighted by molar-refractivity contribution is -0.115. The lowest BCUT2D eigenvalue weighted by atomic mass is 10.2. The number of sulfonamides is 1. The molecule has 0 saturated carbocycles. The molecule has 3 rings (SSSR count). The highest BCUT2D eigenvalue weighted by atomic mass is 32.2. The molecule has 2 aliphatic heterocycles. The van der Waals surface area contributed by atoms with Gasteiger partial charge in [-0.1, -0.05) is 12.5 Å². The van der Waals surface area contributed by atoms with E-state index in [-0.39, 0.29) is 23.5 Å². The molecule has 144 valence electrons. The van der Waals surface area contributed by atoms with Crippen molar-refractivity contribution in [2.45, 2.75) is 43.1 Å². The van der Waals surface area contributed by atoms with Crippen molar-refractivity contribution < 1.29 is 17.9 Å². The fourth-order valence-corrected chi connectivity index (χ4v) is 4.91. The Kier molecular flexibility index (Phi) is 6.63. The quantitative estimate of drug-likeness (QED) is 0.749. The molecule has 0 bridgehead atoms. The number of benzene rings is 1. The normalized spacial score (nSPS) is 21.6. The van der Waals surface area contributed by atoms with Crippen molar-refractivity contribution in [1.82, 2.24) is 9.62 Å². The highest BCUT2D eigenvalue weighted by molar-refractivity contribution is 7.89. The van der Waals surface area contributed by atoms with Crippen LogP contribution in [-0.2, 0) is 19.6 Å². The van der Waals surface area contributed by atoms with Crippen molar-refractivity contribution in [1.29, 1.82) is 0 Å². The van der Waals surface area contributed by atoms with Crippen LogP contribution in [0.2, 0.25) is 0 Å². The van der Waals surface area contributed by atoms with Crippen LogP contribution in [0, 0.1) is 0 Å². The zero-order valence-corrected chi connectivity index (χ0v) is 15.8. The number of carbonyl (C=O) groups is 1. The molecule has 2 saturated heterocycles. The summed E-state index contributed by atoms with van der Waals surface area (Å²) in [6, 6.07) is 6.47. The Morgan fingerprint density at radius 3 is 2.73 bits per heavy atom. The number of nitrogens with one attached hydrogen (secondary N) is 2. The number of piperidine rings is 1. The maximum Gasteiger partial charge on any atom is 0.243 e. The van der Waals surface area contributed by atoms with E-state index in [1.807, 2.05) is 0 Å². The van der Waals surface area contributed by atoms with Crippen molar-refractivity contribution in [2.24, 2.45) is 0 Å². The summed E-state index contributed by atoms with van der Waals surface area (Å²) in [5, 5.41) is 5.84. The third kappa shape index (κ3) is 5.03. The summed E-state index contributed by atoms with van der Waals surface area (Å²) in [5.74, 6) is -0.199. The molecule has 1 aromatic carbocycles. The van der Waals surface area contributed by atoms with Crippen LogP contribution in [0.3, 0.4) is 0 Å². The zero-order valence-electron chi connectivity index (χ0n) is 14.9. The third-order valence-electron chi connectivity index (χ3n) is 4.75. The van der Waals surface area contributed by atoms with E-state index in [1.54, 1.807) is 18.2 Å². The van der Waals surface area contributed by atoms with Gasteiger partial charge in [0.2, 0.25) is 15.9 Å². The molecule has 1 atom stereocenters. The van der Waals surface area contributed by atoms with Gasteiger partial charge in [0.1, 0.15) is 0 Å². The Labute approximate surface area is 155 Å². The van der Waals surface area contributed by atoms with E-state index in [2.05, 4.69) is 10.6 Å². The van der Waals surface area contributed by atoms with E-state index in [0.717, 1.165) is 38.7 Å². The molecular weight excluding hydrogens is 354 g/mol. The number of amides is 1. The highest BCUT2D eigenvalue weighted by Crippen LogP contribution is 2.22. The topological polar surface area (TPSA) is 87.7 Å². The summed E-state index contributed by atoms with van der Waals surface area (Å²) in [6.07, 6.45) is 5.13. The molecule has 2 heterocycles. The van der Waals surface area contributed by atoms with Gasteiger partial charge in [-0.05, 0) is 43.9 Å². The second-order valence-corrected chi connectivity index (χ2v) is 8.74. The summed E-state index contributed by atoms with van der Waals surface area (Å²) in [5.41, 5.74) is 0.493. The largest absolute Gasteiger partial charge is 0.377 e. The predicted molar refractivity (Wildman–Crippen MR) is 99.5 cm³/mol. The van der Waals surface area contributed by atoms with Gasteiger partial charge in [0.05, 0.1) is 17.5 Å². The van der Waals surface area contributed by atoms with Gasteiger partial charge in [-0.3, -0.25) is 4.79 Å². The second kappa shape index (κ2) is 8.94. The number of anilines is 1. The molecule has 8 heteroatoms. The van der Waals surface area contributed by atoms with E-state index in [1.165, 1.54) is 10.4 Å². The highest BCUT2D eigenvalue weighted by Gasteiger charge is 2.26. The smallest absolute Gasteiger partial charge is 0.243 e. The summed E-state index contributed by atoms with van der Waals surface area (Å²) in [6.45, 7) is 2.73. The monoisotopic (exact) mass is 381 g/mol. The number of carbonyl (C=O) groups excluding carboxylic acids is 1. The first-order valence-electron chi connectivity index (χ1n) is 9.28. The summed E-state index contributed by atoms with van der Waals surface area (Å²) in [7, 11) is -3.50. The first-order valence-corrected chi connectivity index (χ1v) is 10.7. The molecule has 0 aromatic heterocycles. The van der Waals surface area contributed by atoms with Crippen LogP contribution in [-0.4, -0.2) is 57.5 Å². The van der Waals surface area contributed by atoms with Crippen molar-refractivity contribution >= 4 is 21.6 Å². The molecule has 26 heavy (non-hydrogen) atoms. The van der Waals surface area contributed by atoms with Crippen LogP contribution in [0.25, 0.3) is 0 Å². The fraction of sp³-hybridized carbons (Fsp3) is 0.611. The van der Waals surface area contributed by atoms with Gasteiger partial charge in [0, 0.05) is 31.9 Å². The summed E-state index contributed by atoms with van der Waals surface area (Å²) in [4.78, 5) is 12.3. The average Bonchev–Trinajstić information content (AvgIpc) is 3.16. The molecule has 0 aliphatic carbocycles. The first kappa shape index (κ1) is 19.3. The SMILES string of the molecule is O=C(CNCC1CCCO1)Nc1cccc(S(=O)(=O)N2CCCCC2)c1. The number of ether oxygens (including phenoxy) is 1. The van der Waals surface area contributed by atoms with Crippen LogP contribution in [0.1, 0.15) is 32.1 Å². The Balaban J connectivity index is 1.55. The molecule has 2 aliphatic rings. The first-order chi connectivity index (χ1) is 12.6. The van der Waals surface area contributed by atoms with Gasteiger partial charge in [0.15, 0.2) is 0 Å². The van der Waals surface area contributed by atoms with Gasteiger partial charge in [0.25, 0.3) is 0 Å². The maximum atomic E-state index is 12.7. The molecule has 1 aromatic rings. The lowest BCUT2D eigenvalue weighted by Crippen LogP contribution is -2.35. The Morgan fingerprint density at radius 1 is 1.19 bits per heavy atom. The van der Waals surface area contributed by atoms with Crippen LogP contribution >= 0.6 is 0 Å². The molecule has 0 spiro atoms. The van der Waals surface area contributed by atoms with E-state index >= 15 is 0 Å². The lowest BCUT2D eigenvalue weighted by Gasteiger charge is -2.26. The molecule has 2 fully saturated rings. The number of rotatable bonds is 7. The molecule has 1 unspecified atom stereocenters. The van der Waals surface area contributed by atoms with Gasteiger partial charge in [-0.15, -0.1) is 0 Å². The maximum absolute atomic E-state index is 12.7. The second-order valence-electron chi connectivity index (χ2n) is 6.81. The van der Waals surface area contributed by atoms with Gasteiger partial charge >= 0.3 is 0 Å². The summed E-state index contributed by atoms with van der Waals surface area (Å²) >= 11 is 0. The minimum Gasteiger partial charge on any atom is -0.377 e. The Bertz CT molecular complexity index is 711. The van der Waals surface area contributed by atoms with Crippen LogP contribution in [0.5, 0.6) is 0 Å². The molecule has 2 N–H and O–H groups in total. The Morgan fingerprint density at radius 2 is 2.00 bits per heavy atom. The number of hydrogen-bond donors (Lipinski definition) is 2. The molecular formula is C18H27N3O4S. The Hall–Kier alpha value is -1.48. The van der Waals surface area contributed by atoms with Crippen molar-refractivity contribution in [3.05, 3.63) is 24.3 Å². The van der Waals surface area contributed by atoms with Crippen LogP contribution < -0.4 is 10.6 Å². The van der Waals surface area contributed by atoms with E-state index in [0.29, 0.717) is 25.3 Å². The van der Waals surface area contributed by atoms with E-state index in [9.17, 15) is 13.2 Å². The summed E-state index contributed by atoms with van der Waals surface area (Å²) < 4.78 is 32.5. The third-order valence-corrected chi connectivity index (χ3v) is 6.65. The van der Waals surface area contributed by atoms with Crippen LogP contribution in [0.15, 0.2) is 29.2 Å². The number of hydrogen-bond acceptors (Lipinski definition) is 5. The van der Waals surface area contributed by atoms with Crippen molar-refractivity contribution in [3.63, 3.8) is 0 Å². The minimum absolute atomic E-state index is 0.170. The van der Waals surface area contributed by atoms with Gasteiger partial charge in [-0.25, -0.2) is 8.42 Å². The minimum atomic E-state index is -3.50. The van der Waals surface area contributed by atoms with Crippen LogP contribution in [0.4, 0.5) is 5.69 Å². The molecule has 0 radical (unpaired) electrons. The van der Waals surface area contributed by atoms with Gasteiger partial charge in [-0.2, -0.15) is 4.31 Å². The average molecular weight is 381 g/mol. The molecule has 7 nitrogen and oxygen atoms in total. The zero-order chi connectivity index (χ0) is 18.4. The van der Waals surface area contributed by atoms with E-state index in [4.69, 9.17) is 4.74 Å². The van der Waals surface area contributed by atoms with Gasteiger partial charge < -0.3 is 15.4 Å². The molecule has 1 amide bonds. The van der Waals surface area contributed by atoms with Crippen molar-refractivity contribution in [2.75, 3.05) is 38.1 Å². The van der Waals surface area contributed by atoms with E-state index < -0.39 is 10.0 Å². The fourth-order valence-electron chi connectivity index (χ4n) is 3.35.